The van der Waals surface area contributed by atoms with Gasteiger partial charge in [-0.2, -0.15) is 0 Å². The molecule has 0 spiro atoms. The number of likely N-dealkylation sites (tertiary alicyclic amines) is 1. The van der Waals surface area contributed by atoms with Gasteiger partial charge < -0.3 is 15.5 Å². The zero-order chi connectivity index (χ0) is 25.1. The van der Waals surface area contributed by atoms with Gasteiger partial charge >= 0.3 is 12.1 Å². The zero-order valence-corrected chi connectivity index (χ0v) is 20.4. The normalized spacial score (nSPS) is 15.4. The smallest absolute Gasteiger partial charge is 0.322 e. The molecule has 0 saturated carbocycles. The van der Waals surface area contributed by atoms with Crippen LogP contribution in [0.4, 0.5) is 21.0 Å². The molecule has 2 aliphatic rings. The largest absolute Gasteiger partial charge is 0.335 e. The second kappa shape index (κ2) is 10.2. The molecule has 0 aromatic heterocycles. The van der Waals surface area contributed by atoms with Gasteiger partial charge in [0.2, 0.25) is 0 Å². The van der Waals surface area contributed by atoms with Crippen LogP contribution in [0.25, 0.3) is 11.1 Å². The summed E-state index contributed by atoms with van der Waals surface area (Å²) < 4.78 is 0. The molecule has 5 rings (SSSR count). The fraction of sp³-hybridized carbons (Fsp3) is 0.276. The Morgan fingerprint density at radius 3 is 2.22 bits per heavy atom. The van der Waals surface area contributed by atoms with Crippen molar-refractivity contribution in [3.63, 3.8) is 0 Å². The summed E-state index contributed by atoms with van der Waals surface area (Å²) in [5.41, 5.74) is 5.77. The first-order valence-corrected chi connectivity index (χ1v) is 12.4. The highest BCUT2D eigenvalue weighted by Crippen LogP contribution is 2.32. The Bertz CT molecular complexity index is 1270. The summed E-state index contributed by atoms with van der Waals surface area (Å²) in [6, 6.07) is 23.2. The van der Waals surface area contributed by atoms with Gasteiger partial charge in [0, 0.05) is 42.6 Å². The number of hydrogen-bond donors (Lipinski definition) is 2. The number of hydrogen-bond acceptors (Lipinski definition) is 3. The third-order valence-electron chi connectivity index (χ3n) is 6.98. The molecule has 184 valence electrons. The lowest BCUT2D eigenvalue weighted by molar-refractivity contribution is 0.101. The number of nitrogens with zero attached hydrogens (tertiary/aromatic N) is 2. The van der Waals surface area contributed by atoms with Crippen LogP contribution < -0.4 is 15.5 Å². The minimum absolute atomic E-state index is 0.00801. The standard InChI is InChI=1S/C29H30N4O3/c1-20(34)21-7-10-25(11-8-21)30-28(35)32-16-14-26(15-17-32)31-29(36)33-18-13-24-19-23(9-12-27(24)33)22-5-3-2-4-6-22/h2-12,19,26H,13-18H2,1H3,(H,30,35)(H,31,36). The number of amides is 4. The van der Waals surface area contributed by atoms with Crippen LogP contribution in [0, 0.1) is 0 Å². The molecule has 0 atom stereocenters. The van der Waals surface area contributed by atoms with Gasteiger partial charge in [-0.15, -0.1) is 0 Å². The predicted octanol–water partition coefficient (Wildman–Crippen LogP) is 5.32. The van der Waals surface area contributed by atoms with Crippen molar-refractivity contribution in [1.29, 1.82) is 0 Å². The molecule has 0 unspecified atom stereocenters. The van der Waals surface area contributed by atoms with Gasteiger partial charge in [-0.25, -0.2) is 9.59 Å². The van der Waals surface area contributed by atoms with Gasteiger partial charge in [-0.1, -0.05) is 36.4 Å². The molecule has 1 saturated heterocycles. The Morgan fingerprint density at radius 1 is 0.806 bits per heavy atom. The second-order valence-corrected chi connectivity index (χ2v) is 9.39. The fourth-order valence-electron chi connectivity index (χ4n) is 4.89. The quantitative estimate of drug-likeness (QED) is 0.494. The number of Topliss-reactive ketones (excluding diaryl/α,β-unsaturated/α-hetero) is 1. The van der Waals surface area contributed by atoms with Gasteiger partial charge in [-0.05, 0) is 79.3 Å². The van der Waals surface area contributed by atoms with Gasteiger partial charge in [0.05, 0.1) is 0 Å². The minimum Gasteiger partial charge on any atom is -0.335 e. The fourth-order valence-corrected chi connectivity index (χ4v) is 4.89. The van der Waals surface area contributed by atoms with Crippen molar-refractivity contribution >= 4 is 29.2 Å². The highest BCUT2D eigenvalue weighted by molar-refractivity contribution is 5.96. The average Bonchev–Trinajstić information content (AvgIpc) is 3.33. The van der Waals surface area contributed by atoms with E-state index in [0.29, 0.717) is 43.7 Å². The van der Waals surface area contributed by atoms with Crippen molar-refractivity contribution in [3.05, 3.63) is 83.9 Å². The number of nitrogens with one attached hydrogen (secondary N) is 2. The Labute approximate surface area is 211 Å². The summed E-state index contributed by atoms with van der Waals surface area (Å²) in [5, 5.41) is 6.06. The topological polar surface area (TPSA) is 81.8 Å². The molecule has 2 aliphatic heterocycles. The third kappa shape index (κ3) is 5.10. The van der Waals surface area contributed by atoms with E-state index in [-0.39, 0.29) is 23.9 Å². The van der Waals surface area contributed by atoms with Crippen molar-refractivity contribution < 1.29 is 14.4 Å². The van der Waals surface area contributed by atoms with Crippen molar-refractivity contribution in [2.75, 3.05) is 29.9 Å². The molecule has 7 nitrogen and oxygen atoms in total. The van der Waals surface area contributed by atoms with Gasteiger partial charge in [0.15, 0.2) is 5.78 Å². The van der Waals surface area contributed by atoms with Crippen molar-refractivity contribution in [1.82, 2.24) is 10.2 Å². The maximum absolute atomic E-state index is 13.1. The van der Waals surface area contributed by atoms with Crippen LogP contribution in [0.3, 0.4) is 0 Å². The van der Waals surface area contributed by atoms with Crippen molar-refractivity contribution in [3.8, 4) is 11.1 Å². The number of piperidine rings is 1. The first kappa shape index (κ1) is 23.6. The molecule has 2 N–H and O–H groups in total. The van der Waals surface area contributed by atoms with Crippen LogP contribution in [0.15, 0.2) is 72.8 Å². The molecular weight excluding hydrogens is 452 g/mol. The van der Waals surface area contributed by atoms with Crippen molar-refractivity contribution in [2.45, 2.75) is 32.2 Å². The Kier molecular flexibility index (Phi) is 6.71. The van der Waals surface area contributed by atoms with E-state index >= 15 is 0 Å². The SMILES string of the molecule is CC(=O)c1ccc(NC(=O)N2CCC(NC(=O)N3CCc4cc(-c5ccccc5)ccc43)CC2)cc1. The molecule has 36 heavy (non-hydrogen) atoms. The lowest BCUT2D eigenvalue weighted by Crippen LogP contribution is -2.50. The van der Waals surface area contributed by atoms with Crippen LogP contribution in [0.1, 0.15) is 35.7 Å². The third-order valence-corrected chi connectivity index (χ3v) is 6.98. The maximum Gasteiger partial charge on any atom is 0.322 e. The summed E-state index contributed by atoms with van der Waals surface area (Å²) in [7, 11) is 0. The zero-order valence-electron chi connectivity index (χ0n) is 20.4. The van der Waals surface area contributed by atoms with E-state index in [1.54, 1.807) is 29.2 Å². The molecule has 1 fully saturated rings. The van der Waals surface area contributed by atoms with Crippen LogP contribution in [0.2, 0.25) is 0 Å². The monoisotopic (exact) mass is 482 g/mol. The van der Waals surface area contributed by atoms with E-state index in [1.807, 2.05) is 29.2 Å². The summed E-state index contributed by atoms with van der Waals surface area (Å²) >= 11 is 0. The highest BCUT2D eigenvalue weighted by Gasteiger charge is 2.29. The molecule has 0 aliphatic carbocycles. The number of fused-ring (bicyclic) bond motifs is 1. The Hall–Kier alpha value is -4.13. The summed E-state index contributed by atoms with van der Waals surface area (Å²) in [4.78, 5) is 40.7. The highest BCUT2D eigenvalue weighted by atomic mass is 16.2. The van der Waals surface area contributed by atoms with E-state index in [1.165, 1.54) is 18.1 Å². The summed E-state index contributed by atoms with van der Waals surface area (Å²) in [5.74, 6) is -0.00801. The molecule has 3 aromatic carbocycles. The summed E-state index contributed by atoms with van der Waals surface area (Å²) in [6.07, 6.45) is 2.25. The van der Waals surface area contributed by atoms with Gasteiger partial charge in [-0.3, -0.25) is 9.69 Å². The number of rotatable bonds is 4. The first-order valence-electron chi connectivity index (χ1n) is 12.4. The number of anilines is 2. The van der Waals surface area contributed by atoms with Crippen LogP contribution in [-0.2, 0) is 6.42 Å². The minimum atomic E-state index is -0.168. The number of carbonyl (C=O) groups is 3. The molecule has 7 heteroatoms. The number of urea groups is 2. The van der Waals surface area contributed by atoms with Crippen LogP contribution >= 0.6 is 0 Å². The Balaban J connectivity index is 1.13. The molecule has 4 amide bonds. The molecule has 3 aromatic rings. The number of benzene rings is 3. The lowest BCUT2D eigenvalue weighted by atomic mass is 10.0. The number of carbonyl (C=O) groups excluding carboxylic acids is 3. The van der Waals surface area contributed by atoms with Gasteiger partial charge in [0.25, 0.3) is 0 Å². The number of ketones is 1. The average molecular weight is 483 g/mol. The molecular formula is C29H30N4O3. The van der Waals surface area contributed by atoms with Crippen LogP contribution in [0.5, 0.6) is 0 Å². The Morgan fingerprint density at radius 2 is 1.53 bits per heavy atom. The van der Waals surface area contributed by atoms with E-state index in [2.05, 4.69) is 34.9 Å². The molecule has 0 radical (unpaired) electrons. The van der Waals surface area contributed by atoms with E-state index in [9.17, 15) is 14.4 Å². The van der Waals surface area contributed by atoms with E-state index < -0.39 is 0 Å². The predicted molar refractivity (Wildman–Crippen MR) is 142 cm³/mol. The second-order valence-electron chi connectivity index (χ2n) is 9.39. The first-order chi connectivity index (χ1) is 17.5. The molecule has 2 heterocycles. The van der Waals surface area contributed by atoms with Crippen molar-refractivity contribution in [2.24, 2.45) is 0 Å². The van der Waals surface area contributed by atoms with E-state index in [4.69, 9.17) is 0 Å². The van der Waals surface area contributed by atoms with Gasteiger partial charge in [0.1, 0.15) is 0 Å². The molecule has 0 bridgehead atoms. The summed E-state index contributed by atoms with van der Waals surface area (Å²) in [6.45, 7) is 3.32. The van der Waals surface area contributed by atoms with Crippen LogP contribution in [-0.4, -0.2) is 48.4 Å². The van der Waals surface area contributed by atoms with E-state index in [0.717, 1.165) is 17.7 Å². The maximum atomic E-state index is 13.1. The lowest BCUT2D eigenvalue weighted by Gasteiger charge is -2.33.